The first-order valence-electron chi connectivity index (χ1n) is 6.25. The summed E-state index contributed by atoms with van der Waals surface area (Å²) in [7, 11) is 0. The smallest absolute Gasteiger partial charge is 0.0703 e. The second kappa shape index (κ2) is 4.37. The Morgan fingerprint density at radius 2 is 2.41 bits per heavy atom. The maximum atomic E-state index is 5.94. The van der Waals surface area contributed by atoms with Crippen LogP contribution in [0, 0.1) is 5.92 Å². The zero-order chi connectivity index (χ0) is 11.7. The normalized spacial score (nSPS) is 20.8. The molecule has 2 heterocycles. The van der Waals surface area contributed by atoms with Crippen LogP contribution in [0.4, 0.5) is 5.69 Å². The van der Waals surface area contributed by atoms with E-state index in [2.05, 4.69) is 21.2 Å². The summed E-state index contributed by atoms with van der Waals surface area (Å²) >= 11 is 0. The molecule has 1 unspecified atom stereocenters. The summed E-state index contributed by atoms with van der Waals surface area (Å²) in [6, 6.07) is 6.01. The summed E-state index contributed by atoms with van der Waals surface area (Å²) < 4.78 is 2.09. The Bertz CT molecular complexity index is 511. The van der Waals surface area contributed by atoms with Crippen molar-refractivity contribution in [1.82, 2.24) is 15.1 Å². The molecule has 1 aromatic heterocycles. The van der Waals surface area contributed by atoms with Crippen LogP contribution in [-0.2, 0) is 6.54 Å². The number of benzene rings is 1. The molecule has 3 N–H and O–H groups in total. The highest BCUT2D eigenvalue weighted by atomic mass is 15.3. The van der Waals surface area contributed by atoms with Crippen LogP contribution >= 0.6 is 0 Å². The van der Waals surface area contributed by atoms with Crippen LogP contribution in [0.5, 0.6) is 0 Å². The van der Waals surface area contributed by atoms with Crippen molar-refractivity contribution in [2.45, 2.75) is 19.4 Å². The second-order valence-corrected chi connectivity index (χ2v) is 4.82. The maximum Gasteiger partial charge on any atom is 0.0703 e. The van der Waals surface area contributed by atoms with Crippen molar-refractivity contribution in [3.63, 3.8) is 0 Å². The Labute approximate surface area is 101 Å². The molecular weight excluding hydrogens is 212 g/mol. The minimum Gasteiger partial charge on any atom is -0.398 e. The summed E-state index contributed by atoms with van der Waals surface area (Å²) in [4.78, 5) is 0. The molecule has 0 aliphatic carbocycles. The molecule has 90 valence electrons. The summed E-state index contributed by atoms with van der Waals surface area (Å²) in [5.41, 5.74) is 7.90. The van der Waals surface area contributed by atoms with Crippen molar-refractivity contribution in [1.29, 1.82) is 0 Å². The van der Waals surface area contributed by atoms with Gasteiger partial charge in [-0.05, 0) is 44.0 Å². The minimum atomic E-state index is 0.688. The zero-order valence-corrected chi connectivity index (χ0v) is 9.89. The van der Waals surface area contributed by atoms with Crippen molar-refractivity contribution in [2.24, 2.45) is 5.92 Å². The number of hydrogen-bond acceptors (Lipinski definition) is 3. The monoisotopic (exact) mass is 230 g/mol. The van der Waals surface area contributed by atoms with E-state index in [1.165, 1.54) is 12.8 Å². The van der Waals surface area contributed by atoms with Gasteiger partial charge in [0.2, 0.25) is 0 Å². The summed E-state index contributed by atoms with van der Waals surface area (Å²) in [6.45, 7) is 3.24. The highest BCUT2D eigenvalue weighted by Crippen LogP contribution is 2.22. The number of nitrogens with one attached hydrogen (secondary N) is 1. The fourth-order valence-electron chi connectivity index (χ4n) is 2.60. The van der Waals surface area contributed by atoms with Crippen molar-refractivity contribution >= 4 is 16.6 Å². The molecule has 1 saturated heterocycles. The highest BCUT2D eigenvalue weighted by molar-refractivity contribution is 5.90. The van der Waals surface area contributed by atoms with Gasteiger partial charge in [-0.2, -0.15) is 5.10 Å². The molecule has 2 aromatic rings. The molecule has 1 aromatic carbocycles. The number of hydrogen-bond donors (Lipinski definition) is 2. The van der Waals surface area contributed by atoms with Crippen LogP contribution < -0.4 is 11.1 Å². The molecule has 0 amide bonds. The molecule has 0 saturated carbocycles. The molecular formula is C13H18N4. The number of aromatic nitrogens is 2. The Morgan fingerprint density at radius 3 is 3.24 bits per heavy atom. The van der Waals surface area contributed by atoms with Gasteiger partial charge in [0.05, 0.1) is 11.7 Å². The van der Waals surface area contributed by atoms with Crippen LogP contribution in [-0.4, -0.2) is 22.9 Å². The lowest BCUT2D eigenvalue weighted by molar-refractivity contribution is 0.329. The van der Waals surface area contributed by atoms with E-state index in [4.69, 9.17) is 5.73 Å². The Hall–Kier alpha value is -1.55. The topological polar surface area (TPSA) is 55.9 Å². The molecule has 0 radical (unpaired) electrons. The van der Waals surface area contributed by atoms with Gasteiger partial charge in [-0.25, -0.2) is 0 Å². The van der Waals surface area contributed by atoms with E-state index in [-0.39, 0.29) is 0 Å². The van der Waals surface area contributed by atoms with Crippen LogP contribution in [0.25, 0.3) is 10.9 Å². The number of piperidine rings is 1. The van der Waals surface area contributed by atoms with E-state index in [9.17, 15) is 0 Å². The highest BCUT2D eigenvalue weighted by Gasteiger charge is 2.15. The van der Waals surface area contributed by atoms with E-state index in [0.29, 0.717) is 5.92 Å². The Balaban J connectivity index is 1.87. The summed E-state index contributed by atoms with van der Waals surface area (Å²) in [5.74, 6) is 0.688. The van der Waals surface area contributed by atoms with Gasteiger partial charge in [0.25, 0.3) is 0 Å². The molecule has 1 aliphatic heterocycles. The third kappa shape index (κ3) is 2.00. The third-order valence-electron chi connectivity index (χ3n) is 3.55. The van der Waals surface area contributed by atoms with Crippen molar-refractivity contribution < 1.29 is 0 Å². The predicted octanol–water partition coefficient (Wildman–Crippen LogP) is 1.62. The lowest BCUT2D eigenvalue weighted by atomic mass is 10.00. The number of anilines is 1. The van der Waals surface area contributed by atoms with Gasteiger partial charge in [-0.15, -0.1) is 0 Å². The van der Waals surface area contributed by atoms with Gasteiger partial charge in [-0.1, -0.05) is 6.07 Å². The van der Waals surface area contributed by atoms with Gasteiger partial charge in [0.15, 0.2) is 0 Å². The van der Waals surface area contributed by atoms with Crippen LogP contribution in [0.1, 0.15) is 12.8 Å². The predicted molar refractivity (Wildman–Crippen MR) is 69.7 cm³/mol. The number of nitrogens with two attached hydrogens (primary N) is 1. The van der Waals surface area contributed by atoms with E-state index in [1.807, 2.05) is 18.3 Å². The Kier molecular flexibility index (Phi) is 2.73. The number of nitrogens with zero attached hydrogens (tertiary/aromatic N) is 2. The van der Waals surface area contributed by atoms with Gasteiger partial charge in [-0.3, -0.25) is 4.68 Å². The van der Waals surface area contributed by atoms with E-state index >= 15 is 0 Å². The van der Waals surface area contributed by atoms with Gasteiger partial charge >= 0.3 is 0 Å². The van der Waals surface area contributed by atoms with E-state index in [1.54, 1.807) is 0 Å². The molecule has 3 rings (SSSR count). The van der Waals surface area contributed by atoms with Crippen LogP contribution in [0.2, 0.25) is 0 Å². The lowest BCUT2D eigenvalue weighted by Gasteiger charge is -2.22. The number of fused-ring (bicyclic) bond motifs is 1. The van der Waals surface area contributed by atoms with Gasteiger partial charge < -0.3 is 11.1 Å². The van der Waals surface area contributed by atoms with Crippen LogP contribution in [0.3, 0.4) is 0 Å². The quantitative estimate of drug-likeness (QED) is 0.771. The fourth-order valence-corrected chi connectivity index (χ4v) is 2.60. The van der Waals surface area contributed by atoms with Crippen molar-refractivity contribution in [2.75, 3.05) is 18.8 Å². The van der Waals surface area contributed by atoms with Gasteiger partial charge in [0, 0.05) is 17.6 Å². The third-order valence-corrected chi connectivity index (χ3v) is 3.55. The maximum absolute atomic E-state index is 5.94. The van der Waals surface area contributed by atoms with Crippen molar-refractivity contribution in [3.05, 3.63) is 24.4 Å². The molecule has 1 fully saturated rings. The van der Waals surface area contributed by atoms with E-state index in [0.717, 1.165) is 36.2 Å². The lowest BCUT2D eigenvalue weighted by Crippen LogP contribution is -2.32. The molecule has 0 spiro atoms. The minimum absolute atomic E-state index is 0.688. The molecule has 0 bridgehead atoms. The molecule has 1 aliphatic rings. The Morgan fingerprint density at radius 1 is 1.47 bits per heavy atom. The first-order valence-corrected chi connectivity index (χ1v) is 6.25. The summed E-state index contributed by atoms with van der Waals surface area (Å²) in [5, 5.41) is 8.97. The van der Waals surface area contributed by atoms with Crippen molar-refractivity contribution in [3.8, 4) is 0 Å². The first-order chi connectivity index (χ1) is 8.34. The molecule has 1 atom stereocenters. The zero-order valence-electron chi connectivity index (χ0n) is 9.89. The number of rotatable bonds is 2. The average molecular weight is 230 g/mol. The molecule has 17 heavy (non-hydrogen) atoms. The fraction of sp³-hybridized carbons (Fsp3) is 0.462. The SMILES string of the molecule is Nc1cccc2c1cnn2CC1CCCNC1. The van der Waals surface area contributed by atoms with E-state index < -0.39 is 0 Å². The first kappa shape index (κ1) is 10.6. The van der Waals surface area contributed by atoms with Crippen LogP contribution in [0.15, 0.2) is 24.4 Å². The summed E-state index contributed by atoms with van der Waals surface area (Å²) in [6.07, 6.45) is 4.43. The number of nitrogen functional groups attached to an aromatic ring is 1. The van der Waals surface area contributed by atoms with Gasteiger partial charge in [0.1, 0.15) is 0 Å². The second-order valence-electron chi connectivity index (χ2n) is 4.82. The molecule has 4 heteroatoms. The molecule has 4 nitrogen and oxygen atoms in total. The average Bonchev–Trinajstić information content (AvgIpc) is 2.76. The standard InChI is InChI=1S/C13H18N4/c14-12-4-1-5-13-11(12)8-16-17(13)9-10-3-2-6-15-7-10/h1,4-5,8,10,15H,2-3,6-7,9,14H2. The largest absolute Gasteiger partial charge is 0.398 e.